The monoisotopic (exact) mass is 539 g/mol. The van der Waals surface area contributed by atoms with Gasteiger partial charge in [0.25, 0.3) is 0 Å². The summed E-state index contributed by atoms with van der Waals surface area (Å²) in [5, 5.41) is 10.2. The van der Waals surface area contributed by atoms with Crippen LogP contribution >= 0.6 is 35.3 Å². The summed E-state index contributed by atoms with van der Waals surface area (Å²) in [6, 6.07) is 13.1. The van der Waals surface area contributed by atoms with E-state index in [9.17, 15) is 4.79 Å². The smallest absolute Gasteiger partial charge is 0.242 e. The highest BCUT2D eigenvalue weighted by atomic mass is 127. The molecule has 0 unspecified atom stereocenters. The molecule has 2 aliphatic heterocycles. The SMILES string of the molecule is CN=C(NCC(=O)N1CCc2ccccc2C1)NC1CCN(c2cccs2)CC1.I. The van der Waals surface area contributed by atoms with Crippen LogP contribution < -0.4 is 15.5 Å². The summed E-state index contributed by atoms with van der Waals surface area (Å²) >= 11 is 1.80. The van der Waals surface area contributed by atoms with Crippen molar-refractivity contribution in [1.29, 1.82) is 0 Å². The first-order chi connectivity index (χ1) is 14.2. The van der Waals surface area contributed by atoms with Gasteiger partial charge in [0.05, 0.1) is 11.5 Å². The summed E-state index contributed by atoms with van der Waals surface area (Å²) in [6.07, 6.45) is 3.06. The Bertz CT molecular complexity index is 849. The molecule has 0 aliphatic carbocycles. The van der Waals surface area contributed by atoms with Crippen molar-refractivity contribution in [2.24, 2.45) is 4.99 Å². The lowest BCUT2D eigenvalue weighted by Crippen LogP contribution is -2.51. The molecule has 1 fully saturated rings. The van der Waals surface area contributed by atoms with E-state index in [-0.39, 0.29) is 36.4 Å². The van der Waals surface area contributed by atoms with Crippen LogP contribution in [0.1, 0.15) is 24.0 Å². The zero-order valence-corrected chi connectivity index (χ0v) is 20.5. The Labute approximate surface area is 199 Å². The van der Waals surface area contributed by atoms with Gasteiger partial charge in [0.1, 0.15) is 0 Å². The minimum absolute atomic E-state index is 0. The predicted octanol–water partition coefficient (Wildman–Crippen LogP) is 3.08. The molecule has 6 nitrogen and oxygen atoms in total. The van der Waals surface area contributed by atoms with E-state index in [1.165, 1.54) is 16.1 Å². The number of anilines is 1. The first-order valence-electron chi connectivity index (χ1n) is 10.3. The Kier molecular flexibility index (Phi) is 8.38. The number of fused-ring (bicyclic) bond motifs is 1. The van der Waals surface area contributed by atoms with E-state index in [1.807, 2.05) is 11.0 Å². The number of thiophene rings is 1. The van der Waals surface area contributed by atoms with E-state index in [1.54, 1.807) is 18.4 Å². The van der Waals surface area contributed by atoms with Crippen LogP contribution in [0.3, 0.4) is 0 Å². The number of carbonyl (C=O) groups excluding carboxylic acids is 1. The summed E-state index contributed by atoms with van der Waals surface area (Å²) in [4.78, 5) is 21.4. The normalized spacial score (nSPS) is 17.2. The van der Waals surface area contributed by atoms with Crippen molar-refractivity contribution >= 4 is 52.2 Å². The average molecular weight is 539 g/mol. The van der Waals surface area contributed by atoms with Crippen molar-refractivity contribution < 1.29 is 4.79 Å². The van der Waals surface area contributed by atoms with Crippen molar-refractivity contribution in [2.75, 3.05) is 38.1 Å². The maximum absolute atomic E-state index is 12.7. The molecule has 0 radical (unpaired) electrons. The highest BCUT2D eigenvalue weighted by Crippen LogP contribution is 2.24. The molecule has 0 bridgehead atoms. The molecule has 0 saturated carbocycles. The number of aliphatic imine (C=N–C) groups is 1. The predicted molar refractivity (Wildman–Crippen MR) is 135 cm³/mol. The quantitative estimate of drug-likeness (QED) is 0.357. The van der Waals surface area contributed by atoms with Gasteiger partial charge in [-0.1, -0.05) is 24.3 Å². The van der Waals surface area contributed by atoms with Crippen LogP contribution in [0.4, 0.5) is 5.00 Å². The summed E-state index contributed by atoms with van der Waals surface area (Å²) in [7, 11) is 1.76. The number of halogens is 1. The van der Waals surface area contributed by atoms with Crippen molar-refractivity contribution in [3.63, 3.8) is 0 Å². The van der Waals surface area contributed by atoms with Crippen LogP contribution in [-0.2, 0) is 17.8 Å². The van der Waals surface area contributed by atoms with Gasteiger partial charge in [0, 0.05) is 39.3 Å². The topological polar surface area (TPSA) is 60.0 Å². The van der Waals surface area contributed by atoms with E-state index < -0.39 is 0 Å². The van der Waals surface area contributed by atoms with Crippen LogP contribution in [-0.4, -0.2) is 56.0 Å². The molecule has 2 N–H and O–H groups in total. The van der Waals surface area contributed by atoms with Crippen LogP contribution in [0, 0.1) is 0 Å². The van der Waals surface area contributed by atoms with Gasteiger partial charge in [-0.2, -0.15) is 0 Å². The molecule has 4 rings (SSSR count). The van der Waals surface area contributed by atoms with Crippen molar-refractivity contribution in [2.45, 2.75) is 31.8 Å². The molecule has 2 aliphatic rings. The largest absolute Gasteiger partial charge is 0.363 e. The Morgan fingerprint density at radius 1 is 1.13 bits per heavy atom. The van der Waals surface area contributed by atoms with Gasteiger partial charge in [-0.25, -0.2) is 0 Å². The molecular formula is C22H30IN5OS. The fourth-order valence-corrected chi connectivity index (χ4v) is 4.85. The molecule has 1 aromatic carbocycles. The number of nitrogens with one attached hydrogen (secondary N) is 2. The molecule has 3 heterocycles. The number of amides is 1. The maximum atomic E-state index is 12.7. The minimum Gasteiger partial charge on any atom is -0.363 e. The van der Waals surface area contributed by atoms with Crippen LogP contribution in [0.25, 0.3) is 0 Å². The second-order valence-corrected chi connectivity index (χ2v) is 8.54. The van der Waals surface area contributed by atoms with Crippen molar-refractivity contribution in [1.82, 2.24) is 15.5 Å². The van der Waals surface area contributed by atoms with Gasteiger partial charge >= 0.3 is 0 Å². The second-order valence-electron chi connectivity index (χ2n) is 7.62. The number of guanidine groups is 1. The standard InChI is InChI=1S/C22H29N5OS.HI/c1-23-22(25-19-9-12-26(13-10-19)21-7-4-14-29-21)24-15-20(28)27-11-8-17-5-2-3-6-18(17)16-27;/h2-7,14,19H,8-13,15-16H2,1H3,(H2,23,24,25);1H. The Balaban J connectivity index is 0.00000256. The molecule has 162 valence electrons. The van der Waals surface area contributed by atoms with Gasteiger partial charge in [-0.3, -0.25) is 9.79 Å². The molecule has 1 saturated heterocycles. The number of carbonyl (C=O) groups is 1. The molecular weight excluding hydrogens is 509 g/mol. The number of hydrogen-bond donors (Lipinski definition) is 2. The summed E-state index contributed by atoms with van der Waals surface area (Å²) in [5.74, 6) is 0.834. The van der Waals surface area contributed by atoms with Gasteiger partial charge in [-0.05, 0) is 47.9 Å². The van der Waals surface area contributed by atoms with E-state index in [4.69, 9.17) is 0 Å². The van der Waals surface area contributed by atoms with E-state index in [0.717, 1.165) is 38.9 Å². The first kappa shape index (κ1) is 22.9. The fraction of sp³-hybridized carbons (Fsp3) is 0.455. The Morgan fingerprint density at radius 2 is 1.90 bits per heavy atom. The third-order valence-electron chi connectivity index (χ3n) is 5.77. The van der Waals surface area contributed by atoms with E-state index in [2.05, 4.69) is 56.2 Å². The second kappa shape index (κ2) is 11.0. The third-order valence-corrected chi connectivity index (χ3v) is 6.70. The van der Waals surface area contributed by atoms with Gasteiger partial charge in [0.15, 0.2) is 5.96 Å². The number of nitrogens with zero attached hydrogens (tertiary/aromatic N) is 3. The van der Waals surface area contributed by atoms with Gasteiger partial charge in [0.2, 0.25) is 5.91 Å². The lowest BCUT2D eigenvalue weighted by molar-refractivity contribution is -0.130. The number of hydrogen-bond acceptors (Lipinski definition) is 4. The van der Waals surface area contributed by atoms with Crippen LogP contribution in [0.15, 0.2) is 46.8 Å². The van der Waals surface area contributed by atoms with E-state index in [0.29, 0.717) is 18.5 Å². The molecule has 30 heavy (non-hydrogen) atoms. The number of piperidine rings is 1. The Morgan fingerprint density at radius 3 is 2.60 bits per heavy atom. The highest BCUT2D eigenvalue weighted by molar-refractivity contribution is 14.0. The van der Waals surface area contributed by atoms with Crippen molar-refractivity contribution in [3.8, 4) is 0 Å². The zero-order chi connectivity index (χ0) is 20.1. The van der Waals surface area contributed by atoms with Crippen LogP contribution in [0.2, 0.25) is 0 Å². The van der Waals surface area contributed by atoms with Crippen LogP contribution in [0.5, 0.6) is 0 Å². The summed E-state index contributed by atoms with van der Waals surface area (Å²) in [5.41, 5.74) is 2.61. The zero-order valence-electron chi connectivity index (χ0n) is 17.3. The fourth-order valence-electron chi connectivity index (χ4n) is 4.06. The van der Waals surface area contributed by atoms with E-state index >= 15 is 0 Å². The minimum atomic E-state index is 0. The molecule has 2 aromatic rings. The maximum Gasteiger partial charge on any atom is 0.242 e. The lowest BCUT2D eigenvalue weighted by Gasteiger charge is -2.33. The lowest BCUT2D eigenvalue weighted by atomic mass is 10.00. The van der Waals surface area contributed by atoms with Crippen molar-refractivity contribution in [3.05, 3.63) is 52.9 Å². The molecule has 8 heteroatoms. The molecule has 1 amide bonds. The Hall–Kier alpha value is -1.81. The summed E-state index contributed by atoms with van der Waals surface area (Å²) < 4.78 is 0. The van der Waals surface area contributed by atoms with Gasteiger partial charge < -0.3 is 20.4 Å². The molecule has 0 spiro atoms. The van der Waals surface area contributed by atoms with Gasteiger partial charge in [-0.15, -0.1) is 35.3 Å². The highest BCUT2D eigenvalue weighted by Gasteiger charge is 2.22. The molecule has 0 atom stereocenters. The third kappa shape index (κ3) is 5.66. The number of rotatable bonds is 4. The average Bonchev–Trinajstić information content (AvgIpc) is 3.31. The summed E-state index contributed by atoms with van der Waals surface area (Å²) in [6.45, 7) is 3.84. The number of benzene rings is 1. The molecule has 1 aromatic heterocycles. The first-order valence-corrected chi connectivity index (χ1v) is 11.2.